The fourth-order valence-corrected chi connectivity index (χ4v) is 3.68. The van der Waals surface area contributed by atoms with Gasteiger partial charge in [-0.05, 0) is 92.9 Å². The highest BCUT2D eigenvalue weighted by molar-refractivity contribution is 6.30. The molecule has 30 heavy (non-hydrogen) atoms. The molecule has 0 aliphatic heterocycles. The second-order valence-electron chi connectivity index (χ2n) is 7.35. The molecule has 0 aromatic heterocycles. The number of hydrogen-bond donors (Lipinski definition) is 1. The fraction of sp³-hybridized carbons (Fsp3) is 0.400. The highest BCUT2D eigenvalue weighted by atomic mass is 35.5. The van der Waals surface area contributed by atoms with E-state index in [-0.39, 0.29) is 5.91 Å². The summed E-state index contributed by atoms with van der Waals surface area (Å²) in [6, 6.07) is 13.2. The van der Waals surface area contributed by atoms with E-state index >= 15 is 0 Å². The molecule has 4 nitrogen and oxygen atoms in total. The van der Waals surface area contributed by atoms with Crippen LogP contribution in [-0.4, -0.2) is 37.6 Å². The Balaban J connectivity index is 1.98. The predicted octanol–water partition coefficient (Wildman–Crippen LogP) is 6.06. The van der Waals surface area contributed by atoms with E-state index in [4.69, 9.17) is 16.3 Å². The lowest BCUT2D eigenvalue weighted by atomic mass is 10.1. The Labute approximate surface area is 185 Å². The van der Waals surface area contributed by atoms with Crippen molar-refractivity contribution in [3.05, 3.63) is 64.7 Å². The molecule has 0 aliphatic rings. The molecule has 5 heteroatoms. The van der Waals surface area contributed by atoms with E-state index in [9.17, 15) is 4.79 Å². The minimum absolute atomic E-state index is 0.178. The number of amides is 1. The van der Waals surface area contributed by atoms with Crippen molar-refractivity contribution in [1.29, 1.82) is 0 Å². The van der Waals surface area contributed by atoms with Crippen molar-refractivity contribution in [3.8, 4) is 5.75 Å². The van der Waals surface area contributed by atoms with Crippen LogP contribution in [0.5, 0.6) is 5.75 Å². The van der Waals surface area contributed by atoms with Crippen molar-refractivity contribution in [1.82, 2.24) is 4.90 Å². The number of carbonyl (C=O) groups excluding carboxylic acids is 1. The number of carbonyl (C=O) groups is 1. The normalized spacial score (nSPS) is 11.2. The second-order valence-corrected chi connectivity index (χ2v) is 7.79. The molecule has 0 aliphatic carbocycles. The van der Waals surface area contributed by atoms with Gasteiger partial charge in [-0.3, -0.25) is 4.79 Å². The molecule has 162 valence electrons. The lowest BCUT2D eigenvalue weighted by Crippen LogP contribution is -2.26. The molecule has 0 atom stereocenters. The van der Waals surface area contributed by atoms with Crippen molar-refractivity contribution >= 4 is 29.3 Å². The summed E-state index contributed by atoms with van der Waals surface area (Å²) in [5, 5.41) is 3.58. The first-order valence-electron chi connectivity index (χ1n) is 10.7. The van der Waals surface area contributed by atoms with Gasteiger partial charge in [-0.2, -0.15) is 0 Å². The quantitative estimate of drug-likeness (QED) is 0.418. The van der Waals surface area contributed by atoms with Gasteiger partial charge in [-0.15, -0.1) is 0 Å². The summed E-state index contributed by atoms with van der Waals surface area (Å²) in [4.78, 5) is 14.8. The van der Waals surface area contributed by atoms with Crippen molar-refractivity contribution in [2.75, 3.05) is 32.1 Å². The fourth-order valence-electron chi connectivity index (χ4n) is 3.48. The minimum Gasteiger partial charge on any atom is -0.496 e. The lowest BCUT2D eigenvalue weighted by molar-refractivity contribution is -0.111. The first kappa shape index (κ1) is 24.0. The van der Waals surface area contributed by atoms with Crippen LogP contribution in [0.4, 0.5) is 5.69 Å². The largest absolute Gasteiger partial charge is 0.496 e. The number of halogens is 1. The van der Waals surface area contributed by atoms with Gasteiger partial charge in [0, 0.05) is 16.8 Å². The summed E-state index contributed by atoms with van der Waals surface area (Å²) in [5.41, 5.74) is 2.77. The van der Waals surface area contributed by atoms with E-state index in [1.165, 1.54) is 18.9 Å². The van der Waals surface area contributed by atoms with Gasteiger partial charge in [-0.25, -0.2) is 0 Å². The number of benzene rings is 2. The Kier molecular flexibility index (Phi) is 10.5. The molecule has 0 saturated heterocycles. The van der Waals surface area contributed by atoms with E-state index in [1.807, 2.05) is 42.5 Å². The van der Waals surface area contributed by atoms with E-state index in [0.29, 0.717) is 5.02 Å². The average Bonchev–Trinajstić information content (AvgIpc) is 2.73. The average molecular weight is 429 g/mol. The Bertz CT molecular complexity index is 830. The SMILES string of the molecule is CCCN(CCC)CCCc1cc(NC(=O)C=Cc2cccc(Cl)c2)ccc1OC. The minimum atomic E-state index is -0.178. The maximum absolute atomic E-state index is 12.3. The van der Waals surface area contributed by atoms with Gasteiger partial charge in [0.15, 0.2) is 0 Å². The Hall–Kier alpha value is -2.30. The van der Waals surface area contributed by atoms with Crippen LogP contribution in [0, 0.1) is 0 Å². The molecular formula is C25H33ClN2O2. The standard InChI is InChI=1S/C25H33ClN2O2/c1-4-15-28(16-5-2)17-7-9-21-19-23(12-13-24(21)30-3)27-25(29)14-11-20-8-6-10-22(26)18-20/h6,8,10-14,18-19H,4-5,7,9,15-17H2,1-3H3,(H,27,29). The number of nitrogens with one attached hydrogen (secondary N) is 1. The third-order valence-electron chi connectivity index (χ3n) is 4.82. The Morgan fingerprint density at radius 3 is 2.53 bits per heavy atom. The third kappa shape index (κ3) is 8.21. The zero-order chi connectivity index (χ0) is 21.8. The molecule has 1 N–H and O–H groups in total. The summed E-state index contributed by atoms with van der Waals surface area (Å²) < 4.78 is 5.52. The maximum atomic E-state index is 12.3. The first-order valence-corrected chi connectivity index (χ1v) is 11.1. The molecule has 2 aromatic carbocycles. The smallest absolute Gasteiger partial charge is 0.248 e. The summed E-state index contributed by atoms with van der Waals surface area (Å²) in [7, 11) is 1.69. The molecule has 2 rings (SSSR count). The van der Waals surface area contributed by atoms with Gasteiger partial charge in [-0.1, -0.05) is 37.6 Å². The van der Waals surface area contributed by atoms with Crippen LogP contribution in [0.2, 0.25) is 5.02 Å². The third-order valence-corrected chi connectivity index (χ3v) is 5.06. The van der Waals surface area contributed by atoms with Crippen molar-refractivity contribution in [2.24, 2.45) is 0 Å². The second kappa shape index (κ2) is 13.1. The molecule has 1 amide bonds. The molecule has 0 saturated carbocycles. The first-order chi connectivity index (χ1) is 14.5. The molecule has 0 radical (unpaired) electrons. The van der Waals surface area contributed by atoms with Crippen molar-refractivity contribution in [2.45, 2.75) is 39.5 Å². The van der Waals surface area contributed by atoms with Gasteiger partial charge in [0.05, 0.1) is 7.11 Å². The zero-order valence-electron chi connectivity index (χ0n) is 18.3. The molecule has 0 fully saturated rings. The summed E-state index contributed by atoms with van der Waals surface area (Å²) in [5.74, 6) is 0.683. The van der Waals surface area contributed by atoms with Gasteiger partial charge in [0.1, 0.15) is 5.75 Å². The highest BCUT2D eigenvalue weighted by Gasteiger charge is 2.08. The zero-order valence-corrected chi connectivity index (χ0v) is 19.0. The number of rotatable bonds is 12. The van der Waals surface area contributed by atoms with Gasteiger partial charge >= 0.3 is 0 Å². The monoisotopic (exact) mass is 428 g/mol. The van der Waals surface area contributed by atoms with E-state index < -0.39 is 0 Å². The van der Waals surface area contributed by atoms with E-state index in [1.54, 1.807) is 13.2 Å². The van der Waals surface area contributed by atoms with E-state index in [0.717, 1.165) is 55.0 Å². The molecular weight excluding hydrogens is 396 g/mol. The number of aryl methyl sites for hydroxylation is 1. The van der Waals surface area contributed by atoms with Crippen LogP contribution < -0.4 is 10.1 Å². The molecule has 0 unspecified atom stereocenters. The number of ether oxygens (including phenoxy) is 1. The summed E-state index contributed by atoms with van der Waals surface area (Å²) in [6.07, 6.45) is 7.59. The number of methoxy groups -OCH3 is 1. The topological polar surface area (TPSA) is 41.6 Å². The van der Waals surface area contributed by atoms with Crippen LogP contribution in [0.15, 0.2) is 48.5 Å². The molecule has 0 heterocycles. The molecule has 0 spiro atoms. The van der Waals surface area contributed by atoms with Crippen molar-refractivity contribution in [3.63, 3.8) is 0 Å². The van der Waals surface area contributed by atoms with Crippen LogP contribution in [0.3, 0.4) is 0 Å². The van der Waals surface area contributed by atoms with Crippen LogP contribution in [0.1, 0.15) is 44.2 Å². The van der Waals surface area contributed by atoms with Gasteiger partial charge in [0.2, 0.25) is 5.91 Å². The summed E-state index contributed by atoms with van der Waals surface area (Å²) >= 11 is 5.98. The van der Waals surface area contributed by atoms with Crippen LogP contribution >= 0.6 is 11.6 Å². The Morgan fingerprint density at radius 2 is 1.87 bits per heavy atom. The van der Waals surface area contributed by atoms with Gasteiger partial charge in [0.25, 0.3) is 0 Å². The number of nitrogens with zero attached hydrogens (tertiary/aromatic N) is 1. The maximum Gasteiger partial charge on any atom is 0.248 e. The van der Waals surface area contributed by atoms with E-state index in [2.05, 4.69) is 24.1 Å². The predicted molar refractivity (Wildman–Crippen MR) is 127 cm³/mol. The highest BCUT2D eigenvalue weighted by Crippen LogP contribution is 2.24. The number of anilines is 1. The van der Waals surface area contributed by atoms with Gasteiger partial charge < -0.3 is 15.0 Å². The number of hydrogen-bond acceptors (Lipinski definition) is 3. The van der Waals surface area contributed by atoms with Crippen LogP contribution in [-0.2, 0) is 11.2 Å². The van der Waals surface area contributed by atoms with Crippen LogP contribution in [0.25, 0.3) is 6.08 Å². The van der Waals surface area contributed by atoms with Crippen molar-refractivity contribution < 1.29 is 9.53 Å². The molecule has 0 bridgehead atoms. The Morgan fingerprint density at radius 1 is 1.10 bits per heavy atom. The lowest BCUT2D eigenvalue weighted by Gasteiger charge is -2.21. The molecule has 2 aromatic rings. The summed E-state index contributed by atoms with van der Waals surface area (Å²) in [6.45, 7) is 7.79.